The van der Waals surface area contributed by atoms with Crippen LogP contribution in [-0.4, -0.2) is 32.6 Å². The predicted octanol–water partition coefficient (Wildman–Crippen LogP) is 2.61. The number of hydrogen-bond acceptors (Lipinski definition) is 5. The lowest BCUT2D eigenvalue weighted by molar-refractivity contribution is 0.102. The Balaban J connectivity index is 1.85. The van der Waals surface area contributed by atoms with Gasteiger partial charge in [0.2, 0.25) is 11.6 Å². The number of rotatable bonds is 5. The van der Waals surface area contributed by atoms with E-state index in [-0.39, 0.29) is 11.6 Å². The normalized spacial score (nSPS) is 10.5. The van der Waals surface area contributed by atoms with Gasteiger partial charge in [0.1, 0.15) is 17.8 Å². The standard InChI is InChI=1S/C16H13ClN4O2/c1-23-14-7-4-5-12(17)11(14)9-21-10-19-16(20-21)15(22)13-6-2-3-8-18-13/h2-8,10H,9H2,1H3. The third-order valence-corrected chi connectivity index (χ3v) is 3.61. The minimum atomic E-state index is -0.324. The number of hydrogen-bond donors (Lipinski definition) is 0. The van der Waals surface area contributed by atoms with Gasteiger partial charge in [0.15, 0.2) is 0 Å². The van der Waals surface area contributed by atoms with Crippen molar-refractivity contribution in [1.82, 2.24) is 19.7 Å². The molecule has 0 atom stereocenters. The predicted molar refractivity (Wildman–Crippen MR) is 84.8 cm³/mol. The number of carbonyl (C=O) groups excluding carboxylic acids is 1. The van der Waals surface area contributed by atoms with Crippen LogP contribution in [0.5, 0.6) is 5.75 Å². The van der Waals surface area contributed by atoms with Crippen LogP contribution in [0.1, 0.15) is 21.9 Å². The molecule has 0 aliphatic rings. The van der Waals surface area contributed by atoms with Gasteiger partial charge in [-0.3, -0.25) is 9.78 Å². The zero-order valence-electron chi connectivity index (χ0n) is 12.3. The summed E-state index contributed by atoms with van der Waals surface area (Å²) in [5.41, 5.74) is 1.08. The fourth-order valence-electron chi connectivity index (χ4n) is 2.13. The van der Waals surface area contributed by atoms with Gasteiger partial charge in [-0.25, -0.2) is 9.67 Å². The fraction of sp³-hybridized carbons (Fsp3) is 0.125. The lowest BCUT2D eigenvalue weighted by atomic mass is 10.2. The van der Waals surface area contributed by atoms with Crippen molar-refractivity contribution in [2.45, 2.75) is 6.54 Å². The molecule has 116 valence electrons. The van der Waals surface area contributed by atoms with Crippen molar-refractivity contribution in [3.8, 4) is 5.75 Å². The molecule has 2 aromatic heterocycles. The molecule has 0 spiro atoms. The van der Waals surface area contributed by atoms with Gasteiger partial charge < -0.3 is 4.74 Å². The van der Waals surface area contributed by atoms with Gasteiger partial charge in [0.05, 0.1) is 13.7 Å². The zero-order chi connectivity index (χ0) is 16.2. The second kappa shape index (κ2) is 6.58. The molecule has 23 heavy (non-hydrogen) atoms. The summed E-state index contributed by atoms with van der Waals surface area (Å²) in [5, 5.41) is 4.77. The topological polar surface area (TPSA) is 69.9 Å². The maximum atomic E-state index is 12.3. The summed E-state index contributed by atoms with van der Waals surface area (Å²) >= 11 is 6.20. The Hall–Kier alpha value is -2.73. The largest absolute Gasteiger partial charge is 0.496 e. The molecule has 3 rings (SSSR count). The molecule has 0 saturated carbocycles. The zero-order valence-corrected chi connectivity index (χ0v) is 13.1. The quantitative estimate of drug-likeness (QED) is 0.673. The van der Waals surface area contributed by atoms with E-state index in [1.54, 1.807) is 42.3 Å². The summed E-state index contributed by atoms with van der Waals surface area (Å²) in [7, 11) is 1.58. The second-order valence-corrected chi connectivity index (χ2v) is 5.14. The Bertz CT molecular complexity index is 833. The first-order valence-corrected chi connectivity index (χ1v) is 7.23. The number of ketones is 1. The Morgan fingerprint density at radius 1 is 1.22 bits per heavy atom. The summed E-state index contributed by atoms with van der Waals surface area (Å²) < 4.78 is 6.84. The molecule has 0 amide bonds. The maximum absolute atomic E-state index is 12.3. The van der Waals surface area contributed by atoms with E-state index in [2.05, 4.69) is 15.1 Å². The minimum absolute atomic E-state index is 0.0923. The smallest absolute Gasteiger partial charge is 0.250 e. The van der Waals surface area contributed by atoms with Crippen molar-refractivity contribution in [1.29, 1.82) is 0 Å². The Morgan fingerprint density at radius 2 is 2.09 bits per heavy atom. The molecule has 0 aliphatic carbocycles. The van der Waals surface area contributed by atoms with Crippen molar-refractivity contribution >= 4 is 17.4 Å². The third-order valence-electron chi connectivity index (χ3n) is 3.25. The Morgan fingerprint density at radius 3 is 2.83 bits per heavy atom. The van der Waals surface area contributed by atoms with Crippen molar-refractivity contribution in [3.05, 3.63) is 71.0 Å². The molecule has 7 heteroatoms. The maximum Gasteiger partial charge on any atom is 0.250 e. The molecular formula is C16H13ClN4O2. The van der Waals surface area contributed by atoms with Crippen molar-refractivity contribution in [2.24, 2.45) is 0 Å². The Kier molecular flexibility index (Phi) is 4.34. The van der Waals surface area contributed by atoms with E-state index in [9.17, 15) is 4.79 Å². The molecule has 0 N–H and O–H groups in total. The molecule has 3 aromatic rings. The fourth-order valence-corrected chi connectivity index (χ4v) is 2.36. The van der Waals surface area contributed by atoms with Crippen molar-refractivity contribution in [3.63, 3.8) is 0 Å². The molecular weight excluding hydrogens is 316 g/mol. The third kappa shape index (κ3) is 3.22. The number of methoxy groups -OCH3 is 1. The van der Waals surface area contributed by atoms with Crippen LogP contribution in [0.25, 0.3) is 0 Å². The lowest BCUT2D eigenvalue weighted by Crippen LogP contribution is -2.08. The van der Waals surface area contributed by atoms with Crippen LogP contribution in [0.4, 0.5) is 0 Å². The highest BCUT2D eigenvalue weighted by atomic mass is 35.5. The minimum Gasteiger partial charge on any atom is -0.496 e. The van der Waals surface area contributed by atoms with E-state index < -0.39 is 0 Å². The van der Waals surface area contributed by atoms with Crippen LogP contribution in [0, 0.1) is 0 Å². The number of aromatic nitrogens is 4. The van der Waals surface area contributed by atoms with Gasteiger partial charge in [0, 0.05) is 16.8 Å². The molecule has 0 bridgehead atoms. The average Bonchev–Trinajstić information content (AvgIpc) is 3.05. The number of pyridine rings is 1. The average molecular weight is 329 g/mol. The number of ether oxygens (including phenoxy) is 1. The molecule has 0 fully saturated rings. The van der Waals surface area contributed by atoms with Gasteiger partial charge in [-0.1, -0.05) is 23.7 Å². The summed E-state index contributed by atoms with van der Waals surface area (Å²) in [6, 6.07) is 10.5. The van der Waals surface area contributed by atoms with Crippen LogP contribution in [-0.2, 0) is 6.54 Å². The molecule has 0 unspecified atom stereocenters. The molecule has 0 saturated heterocycles. The number of benzene rings is 1. The molecule has 0 aliphatic heterocycles. The first-order chi connectivity index (χ1) is 11.2. The van der Waals surface area contributed by atoms with Crippen molar-refractivity contribution < 1.29 is 9.53 Å². The van der Waals surface area contributed by atoms with Crippen LogP contribution in [0.15, 0.2) is 48.9 Å². The second-order valence-electron chi connectivity index (χ2n) is 4.73. The molecule has 0 radical (unpaired) electrons. The lowest BCUT2D eigenvalue weighted by Gasteiger charge is -2.09. The van der Waals surface area contributed by atoms with E-state index in [0.717, 1.165) is 5.56 Å². The summed E-state index contributed by atoms with van der Waals surface area (Å²) in [6.07, 6.45) is 3.04. The molecule has 6 nitrogen and oxygen atoms in total. The van der Waals surface area contributed by atoms with Crippen molar-refractivity contribution in [2.75, 3.05) is 7.11 Å². The molecule has 1 aromatic carbocycles. The number of halogens is 1. The number of carbonyl (C=O) groups is 1. The van der Waals surface area contributed by atoms with Crippen LogP contribution >= 0.6 is 11.6 Å². The van der Waals surface area contributed by atoms with Gasteiger partial charge in [-0.15, -0.1) is 5.10 Å². The summed E-state index contributed by atoms with van der Waals surface area (Å²) in [4.78, 5) is 20.3. The van der Waals surface area contributed by atoms with Crippen LogP contribution in [0.2, 0.25) is 5.02 Å². The van der Waals surface area contributed by atoms with E-state index in [1.807, 2.05) is 12.1 Å². The van der Waals surface area contributed by atoms with Crippen LogP contribution in [0.3, 0.4) is 0 Å². The van der Waals surface area contributed by atoms with Gasteiger partial charge >= 0.3 is 0 Å². The highest BCUT2D eigenvalue weighted by molar-refractivity contribution is 6.31. The van der Waals surface area contributed by atoms with Crippen LogP contribution < -0.4 is 4.74 Å². The van der Waals surface area contributed by atoms with E-state index >= 15 is 0 Å². The van der Waals surface area contributed by atoms with E-state index in [1.165, 1.54) is 6.33 Å². The van der Waals surface area contributed by atoms with Gasteiger partial charge in [-0.2, -0.15) is 0 Å². The van der Waals surface area contributed by atoms with E-state index in [0.29, 0.717) is 23.0 Å². The van der Waals surface area contributed by atoms with Gasteiger partial charge in [-0.05, 0) is 24.3 Å². The molecule has 2 heterocycles. The first kappa shape index (κ1) is 15.2. The monoisotopic (exact) mass is 328 g/mol. The number of nitrogens with zero attached hydrogens (tertiary/aromatic N) is 4. The highest BCUT2D eigenvalue weighted by Crippen LogP contribution is 2.26. The van der Waals surface area contributed by atoms with E-state index in [4.69, 9.17) is 16.3 Å². The summed E-state index contributed by atoms with van der Waals surface area (Å²) in [6.45, 7) is 0.353. The first-order valence-electron chi connectivity index (χ1n) is 6.85. The van der Waals surface area contributed by atoms with Gasteiger partial charge in [0.25, 0.3) is 0 Å². The highest BCUT2D eigenvalue weighted by Gasteiger charge is 2.16. The summed E-state index contributed by atoms with van der Waals surface area (Å²) in [5.74, 6) is 0.427. The SMILES string of the molecule is COc1cccc(Cl)c1Cn1cnc(C(=O)c2ccccn2)n1. The Labute approximate surface area is 137 Å².